The summed E-state index contributed by atoms with van der Waals surface area (Å²) in [5.41, 5.74) is 2.49. The molecule has 1 aromatic heterocycles. The van der Waals surface area contributed by atoms with Gasteiger partial charge in [-0.05, 0) is 24.6 Å². The largest absolute Gasteiger partial charge is 0.361 e. The molecule has 0 saturated carbocycles. The Morgan fingerprint density at radius 2 is 2.31 bits per heavy atom. The Labute approximate surface area is 96.1 Å². The number of fused-ring (bicyclic) bond motifs is 1. The number of aromatic amines is 1. The first kappa shape index (κ1) is 10.8. The van der Waals surface area contributed by atoms with Crippen LogP contribution in [0.1, 0.15) is 18.9 Å². The number of benzene rings is 1. The van der Waals surface area contributed by atoms with Gasteiger partial charge in [0.05, 0.1) is 0 Å². The van der Waals surface area contributed by atoms with Crippen LogP contribution in [0.25, 0.3) is 10.9 Å². The molecule has 16 heavy (non-hydrogen) atoms. The quantitative estimate of drug-likeness (QED) is 0.749. The molecule has 1 heterocycles. The average molecular weight is 212 g/mol. The molecule has 0 spiro atoms. The minimum Gasteiger partial charge on any atom is -0.361 e. The van der Waals surface area contributed by atoms with Crippen molar-refractivity contribution in [1.29, 1.82) is 0 Å². The summed E-state index contributed by atoms with van der Waals surface area (Å²) < 4.78 is 0. The molecule has 2 rings (SSSR count). The highest BCUT2D eigenvalue weighted by Gasteiger charge is 2.03. The predicted octanol–water partition coefficient (Wildman–Crippen LogP) is 2.67. The Kier molecular flexibility index (Phi) is 3.28. The number of rotatable bonds is 4. The van der Waals surface area contributed by atoms with Gasteiger partial charge in [-0.1, -0.05) is 12.1 Å². The Hall–Kier alpha value is -1.72. The summed E-state index contributed by atoms with van der Waals surface area (Å²) in [6.07, 6.45) is 8.02. The third-order valence-corrected chi connectivity index (χ3v) is 2.75. The van der Waals surface area contributed by atoms with E-state index in [-0.39, 0.29) is 0 Å². The standard InChI is InChI=1S/C14H16N2/c1-3-5-11(2)16-10-12-6-4-7-14-13(12)8-9-15-14/h1,4,6-9,11,15-16H,5,10H2,2H3. The number of hydrogen-bond acceptors (Lipinski definition) is 1. The molecule has 0 aliphatic heterocycles. The molecule has 2 N–H and O–H groups in total. The normalized spacial score (nSPS) is 12.5. The lowest BCUT2D eigenvalue weighted by atomic mass is 10.1. The molecule has 2 heteroatoms. The maximum Gasteiger partial charge on any atom is 0.0457 e. The van der Waals surface area contributed by atoms with Crippen LogP contribution in [0.3, 0.4) is 0 Å². The molecule has 0 saturated heterocycles. The van der Waals surface area contributed by atoms with Gasteiger partial charge in [0.2, 0.25) is 0 Å². The predicted molar refractivity (Wildman–Crippen MR) is 68.1 cm³/mol. The number of H-pyrrole nitrogens is 1. The van der Waals surface area contributed by atoms with E-state index in [4.69, 9.17) is 6.42 Å². The highest BCUT2D eigenvalue weighted by molar-refractivity contribution is 5.82. The van der Waals surface area contributed by atoms with Gasteiger partial charge >= 0.3 is 0 Å². The van der Waals surface area contributed by atoms with Crippen molar-refractivity contribution in [2.75, 3.05) is 0 Å². The van der Waals surface area contributed by atoms with Crippen molar-refractivity contribution in [3.05, 3.63) is 36.0 Å². The SMILES string of the molecule is C#CCC(C)NCc1cccc2[nH]ccc12. The molecular weight excluding hydrogens is 196 g/mol. The van der Waals surface area contributed by atoms with Crippen molar-refractivity contribution in [3.8, 4) is 12.3 Å². The second-order valence-electron chi connectivity index (χ2n) is 4.05. The molecule has 1 atom stereocenters. The number of aromatic nitrogens is 1. The van der Waals surface area contributed by atoms with Gasteiger partial charge in [0.25, 0.3) is 0 Å². The zero-order valence-corrected chi connectivity index (χ0v) is 9.46. The average Bonchev–Trinajstić information content (AvgIpc) is 2.75. The summed E-state index contributed by atoms with van der Waals surface area (Å²) in [5.74, 6) is 2.67. The van der Waals surface area contributed by atoms with Gasteiger partial charge in [-0.3, -0.25) is 0 Å². The van der Waals surface area contributed by atoms with Gasteiger partial charge in [0.1, 0.15) is 0 Å². The summed E-state index contributed by atoms with van der Waals surface area (Å²) in [4.78, 5) is 3.21. The lowest BCUT2D eigenvalue weighted by Gasteiger charge is -2.11. The van der Waals surface area contributed by atoms with Crippen LogP contribution in [-0.4, -0.2) is 11.0 Å². The molecule has 82 valence electrons. The summed E-state index contributed by atoms with van der Waals surface area (Å²) in [6.45, 7) is 2.97. The molecule has 0 fully saturated rings. The van der Waals surface area contributed by atoms with E-state index in [1.165, 1.54) is 16.5 Å². The van der Waals surface area contributed by atoms with E-state index in [0.717, 1.165) is 13.0 Å². The second-order valence-corrected chi connectivity index (χ2v) is 4.05. The minimum atomic E-state index is 0.360. The molecule has 0 aliphatic rings. The summed E-state index contributed by atoms with van der Waals surface area (Å²) in [5, 5.41) is 4.71. The summed E-state index contributed by atoms with van der Waals surface area (Å²) in [7, 11) is 0. The lowest BCUT2D eigenvalue weighted by molar-refractivity contribution is 0.561. The fourth-order valence-electron chi connectivity index (χ4n) is 1.84. The smallest absolute Gasteiger partial charge is 0.0457 e. The fourth-order valence-corrected chi connectivity index (χ4v) is 1.84. The number of hydrogen-bond donors (Lipinski definition) is 2. The third-order valence-electron chi connectivity index (χ3n) is 2.75. The van der Waals surface area contributed by atoms with Gasteiger partial charge in [-0.25, -0.2) is 0 Å². The van der Waals surface area contributed by atoms with Crippen LogP contribution < -0.4 is 5.32 Å². The molecule has 1 unspecified atom stereocenters. The van der Waals surface area contributed by atoms with E-state index in [1.54, 1.807) is 0 Å². The van der Waals surface area contributed by atoms with Crippen LogP contribution in [0.4, 0.5) is 0 Å². The maximum absolute atomic E-state index is 5.28. The molecule has 0 amide bonds. The first-order valence-corrected chi connectivity index (χ1v) is 5.53. The van der Waals surface area contributed by atoms with Gasteiger partial charge in [0.15, 0.2) is 0 Å². The van der Waals surface area contributed by atoms with Crippen LogP contribution in [-0.2, 0) is 6.54 Å². The monoisotopic (exact) mass is 212 g/mol. The van der Waals surface area contributed by atoms with E-state index in [0.29, 0.717) is 6.04 Å². The highest BCUT2D eigenvalue weighted by Crippen LogP contribution is 2.17. The molecule has 0 bridgehead atoms. The van der Waals surface area contributed by atoms with Gasteiger partial charge in [-0.2, -0.15) is 0 Å². The zero-order chi connectivity index (χ0) is 11.4. The Morgan fingerprint density at radius 3 is 3.12 bits per heavy atom. The Morgan fingerprint density at radius 1 is 1.44 bits per heavy atom. The van der Waals surface area contributed by atoms with Gasteiger partial charge < -0.3 is 10.3 Å². The minimum absolute atomic E-state index is 0.360. The van der Waals surface area contributed by atoms with Crippen molar-refractivity contribution in [3.63, 3.8) is 0 Å². The van der Waals surface area contributed by atoms with Gasteiger partial charge in [-0.15, -0.1) is 12.3 Å². The van der Waals surface area contributed by atoms with Crippen LogP contribution in [0.2, 0.25) is 0 Å². The second kappa shape index (κ2) is 4.87. The highest BCUT2D eigenvalue weighted by atomic mass is 14.9. The topological polar surface area (TPSA) is 27.8 Å². The van der Waals surface area contributed by atoms with E-state index < -0.39 is 0 Å². The Bertz CT molecular complexity index is 505. The Balaban J connectivity index is 2.10. The van der Waals surface area contributed by atoms with E-state index in [9.17, 15) is 0 Å². The first-order chi connectivity index (χ1) is 7.81. The van der Waals surface area contributed by atoms with Crippen molar-refractivity contribution in [1.82, 2.24) is 10.3 Å². The van der Waals surface area contributed by atoms with Crippen molar-refractivity contribution < 1.29 is 0 Å². The first-order valence-electron chi connectivity index (χ1n) is 5.53. The van der Waals surface area contributed by atoms with E-state index in [1.807, 2.05) is 6.20 Å². The van der Waals surface area contributed by atoms with Crippen molar-refractivity contribution in [2.24, 2.45) is 0 Å². The van der Waals surface area contributed by atoms with Crippen LogP contribution >= 0.6 is 0 Å². The molecule has 2 nitrogen and oxygen atoms in total. The molecule has 0 aliphatic carbocycles. The fraction of sp³-hybridized carbons (Fsp3) is 0.286. The van der Waals surface area contributed by atoms with Crippen molar-refractivity contribution >= 4 is 10.9 Å². The molecular formula is C14H16N2. The van der Waals surface area contributed by atoms with E-state index in [2.05, 4.69) is 47.4 Å². The molecule has 0 radical (unpaired) electrons. The van der Waals surface area contributed by atoms with Crippen LogP contribution in [0, 0.1) is 12.3 Å². The lowest BCUT2D eigenvalue weighted by Crippen LogP contribution is -2.24. The third kappa shape index (κ3) is 2.26. The summed E-state index contributed by atoms with van der Waals surface area (Å²) >= 11 is 0. The summed E-state index contributed by atoms with van der Waals surface area (Å²) in [6, 6.07) is 8.77. The molecule has 2 aromatic rings. The van der Waals surface area contributed by atoms with E-state index >= 15 is 0 Å². The number of terminal acetylenes is 1. The van der Waals surface area contributed by atoms with Crippen LogP contribution in [0.5, 0.6) is 0 Å². The zero-order valence-electron chi connectivity index (χ0n) is 9.46. The van der Waals surface area contributed by atoms with Crippen molar-refractivity contribution in [2.45, 2.75) is 25.9 Å². The maximum atomic E-state index is 5.28. The molecule has 1 aromatic carbocycles. The van der Waals surface area contributed by atoms with Gasteiger partial charge in [0, 0.05) is 36.1 Å². The number of nitrogens with one attached hydrogen (secondary N) is 2. The van der Waals surface area contributed by atoms with Crippen LogP contribution in [0.15, 0.2) is 30.5 Å².